The van der Waals surface area contributed by atoms with E-state index in [1.165, 1.54) is 28.1 Å². The van der Waals surface area contributed by atoms with Gasteiger partial charge in [-0.2, -0.15) is 4.98 Å². The molecule has 180 valence electrons. The molecule has 0 saturated carbocycles. The Bertz CT molecular complexity index is 1370. The Labute approximate surface area is 191 Å². The average molecular weight is 478 g/mol. The van der Waals surface area contributed by atoms with E-state index in [-0.39, 0.29) is 42.5 Å². The number of benzene rings is 1. The first kappa shape index (κ1) is 22.3. The first-order valence-electron chi connectivity index (χ1n) is 10.6. The van der Waals surface area contributed by atoms with Gasteiger partial charge in [-0.3, -0.25) is 4.90 Å². The maximum atomic E-state index is 15.2. The Morgan fingerprint density at radius 3 is 2.79 bits per heavy atom. The van der Waals surface area contributed by atoms with Crippen LogP contribution in [0.5, 0.6) is 5.88 Å². The summed E-state index contributed by atoms with van der Waals surface area (Å²) >= 11 is 0. The van der Waals surface area contributed by atoms with Crippen molar-refractivity contribution in [3.05, 3.63) is 30.2 Å². The van der Waals surface area contributed by atoms with Gasteiger partial charge in [0.2, 0.25) is 11.8 Å². The van der Waals surface area contributed by atoms with Crippen LogP contribution < -0.4 is 10.1 Å². The van der Waals surface area contributed by atoms with E-state index >= 15 is 4.39 Å². The number of rotatable bonds is 6. The lowest BCUT2D eigenvalue weighted by atomic mass is 10.1. The second-order valence-corrected chi connectivity index (χ2v) is 8.50. The summed E-state index contributed by atoms with van der Waals surface area (Å²) in [6, 6.07) is 3.75. The molecule has 0 unspecified atom stereocenters. The number of nitrogens with zero attached hydrogens (tertiary/aromatic N) is 7. The van der Waals surface area contributed by atoms with Crippen LogP contribution in [0.3, 0.4) is 0 Å². The minimum atomic E-state index is -2.98. The van der Waals surface area contributed by atoms with Gasteiger partial charge in [0.05, 0.1) is 37.5 Å². The van der Waals surface area contributed by atoms with Crippen LogP contribution >= 0.6 is 0 Å². The number of likely N-dealkylation sites (tertiary alicyclic amines) is 1. The van der Waals surface area contributed by atoms with Crippen LogP contribution in [-0.4, -0.2) is 79.9 Å². The zero-order valence-corrected chi connectivity index (χ0v) is 18.6. The Balaban J connectivity index is 1.58. The Morgan fingerprint density at radius 2 is 2.12 bits per heavy atom. The topological polar surface area (TPSA) is 85.4 Å². The first-order valence-corrected chi connectivity index (χ1v) is 10.6. The van der Waals surface area contributed by atoms with E-state index in [4.69, 9.17) is 4.74 Å². The normalized spacial score (nSPS) is 19.2. The van der Waals surface area contributed by atoms with E-state index in [0.717, 1.165) is 6.20 Å². The van der Waals surface area contributed by atoms with Crippen molar-refractivity contribution in [1.29, 1.82) is 0 Å². The largest absolute Gasteiger partial charge is 0.479 e. The maximum absolute atomic E-state index is 15.2. The summed E-state index contributed by atoms with van der Waals surface area (Å²) in [7, 11) is 2.95. The number of aromatic nitrogens is 6. The van der Waals surface area contributed by atoms with E-state index in [1.807, 2.05) is 0 Å². The molecule has 3 aromatic heterocycles. The number of nitrogens with one attached hydrogen (secondary N) is 1. The third-order valence-electron chi connectivity index (χ3n) is 5.76. The molecule has 5 rings (SSSR count). The monoisotopic (exact) mass is 478 g/mol. The lowest BCUT2D eigenvalue weighted by Crippen LogP contribution is -2.38. The van der Waals surface area contributed by atoms with Crippen molar-refractivity contribution in [3.8, 4) is 17.0 Å². The molecule has 1 N–H and O–H groups in total. The van der Waals surface area contributed by atoms with Gasteiger partial charge in [-0.05, 0) is 31.7 Å². The molecule has 0 aliphatic carbocycles. The van der Waals surface area contributed by atoms with Crippen LogP contribution in [0.2, 0.25) is 0 Å². The predicted molar refractivity (Wildman–Crippen MR) is 116 cm³/mol. The average Bonchev–Trinajstić information content (AvgIpc) is 3.39. The van der Waals surface area contributed by atoms with Crippen molar-refractivity contribution in [1.82, 2.24) is 34.5 Å². The highest BCUT2D eigenvalue weighted by Gasteiger charge is 2.47. The number of hydrogen-bond acceptors (Lipinski definition) is 7. The fourth-order valence-corrected chi connectivity index (χ4v) is 4.28. The molecule has 1 aromatic carbocycles. The molecule has 0 bridgehead atoms. The minimum absolute atomic E-state index is 0.00138. The first-order chi connectivity index (χ1) is 16.2. The number of ether oxygens (including phenoxy) is 1. The van der Waals surface area contributed by atoms with E-state index in [2.05, 4.69) is 25.7 Å². The molecule has 0 radical (unpaired) electrons. The number of hydrogen-bond donors (Lipinski definition) is 1. The Hall–Kier alpha value is -3.48. The number of halogens is 4. The highest BCUT2D eigenvalue weighted by molar-refractivity contribution is 5.89. The van der Waals surface area contributed by atoms with Crippen LogP contribution in [0.15, 0.2) is 24.4 Å². The van der Waals surface area contributed by atoms with Gasteiger partial charge in [0.15, 0.2) is 5.82 Å². The fourth-order valence-electron chi connectivity index (χ4n) is 4.28. The summed E-state index contributed by atoms with van der Waals surface area (Å²) in [5.74, 6) is -3.69. The van der Waals surface area contributed by atoms with Gasteiger partial charge in [0.1, 0.15) is 23.2 Å². The minimum Gasteiger partial charge on any atom is -0.479 e. The summed E-state index contributed by atoms with van der Waals surface area (Å²) in [5, 5.41) is 14.8. The number of anilines is 1. The Kier molecular flexibility index (Phi) is 5.30. The zero-order valence-electron chi connectivity index (χ0n) is 18.6. The van der Waals surface area contributed by atoms with Crippen LogP contribution in [-0.2, 0) is 6.54 Å². The van der Waals surface area contributed by atoms with Crippen LogP contribution in [0.25, 0.3) is 27.7 Å². The molecule has 1 saturated heterocycles. The molecule has 0 amide bonds. The third-order valence-corrected chi connectivity index (χ3v) is 5.76. The number of methoxy groups -OCH3 is 1. The molecule has 4 aromatic rings. The molecule has 34 heavy (non-hydrogen) atoms. The maximum Gasteiger partial charge on any atom is 0.281 e. The van der Waals surface area contributed by atoms with Crippen molar-refractivity contribution >= 4 is 22.5 Å². The summed E-state index contributed by atoms with van der Waals surface area (Å²) in [4.78, 5) is 5.72. The zero-order chi connectivity index (χ0) is 24.2. The summed E-state index contributed by atoms with van der Waals surface area (Å²) < 4.78 is 65.2. The fraction of sp³-hybridized carbons (Fsp3) is 0.429. The van der Waals surface area contributed by atoms with Gasteiger partial charge >= 0.3 is 0 Å². The number of fused-ring (bicyclic) bond motifs is 2. The van der Waals surface area contributed by atoms with Crippen molar-refractivity contribution in [2.24, 2.45) is 0 Å². The van der Waals surface area contributed by atoms with Gasteiger partial charge < -0.3 is 10.1 Å². The lowest BCUT2D eigenvalue weighted by molar-refractivity contribution is 0.00583. The van der Waals surface area contributed by atoms with Gasteiger partial charge in [0.25, 0.3) is 5.92 Å². The summed E-state index contributed by atoms with van der Waals surface area (Å²) in [6.45, 7) is 1.12. The SMILES string of the molecule is COc1nc(N[C@@H]2CN(C)CC2(F)F)nn2cc(F)c(-c3ccc4nnn(C[C@H](C)F)c4c3)c12. The second kappa shape index (κ2) is 8.08. The molecule has 1 aliphatic heterocycles. The van der Waals surface area contributed by atoms with E-state index in [1.54, 1.807) is 25.2 Å². The predicted octanol–water partition coefficient (Wildman–Crippen LogP) is 3.01. The quantitative estimate of drug-likeness (QED) is 0.427. The van der Waals surface area contributed by atoms with E-state index < -0.39 is 24.0 Å². The molecule has 0 spiro atoms. The van der Waals surface area contributed by atoms with E-state index in [0.29, 0.717) is 16.6 Å². The van der Waals surface area contributed by atoms with Crippen molar-refractivity contribution in [2.45, 2.75) is 31.6 Å². The van der Waals surface area contributed by atoms with Gasteiger partial charge in [-0.1, -0.05) is 11.3 Å². The Morgan fingerprint density at radius 1 is 1.32 bits per heavy atom. The summed E-state index contributed by atoms with van der Waals surface area (Å²) in [5.41, 5.74) is 1.89. The molecule has 1 aliphatic rings. The van der Waals surface area contributed by atoms with Gasteiger partial charge in [-0.15, -0.1) is 10.2 Å². The van der Waals surface area contributed by atoms with Gasteiger partial charge in [-0.25, -0.2) is 26.8 Å². The van der Waals surface area contributed by atoms with Gasteiger partial charge in [0, 0.05) is 6.54 Å². The summed E-state index contributed by atoms with van der Waals surface area (Å²) in [6.07, 6.45) is -0.0189. The molecular weight excluding hydrogens is 456 g/mol. The van der Waals surface area contributed by atoms with Crippen LogP contribution in [0.4, 0.5) is 23.5 Å². The number of alkyl halides is 3. The van der Waals surface area contributed by atoms with Crippen molar-refractivity contribution < 1.29 is 22.3 Å². The lowest BCUT2D eigenvalue weighted by Gasteiger charge is -2.19. The smallest absolute Gasteiger partial charge is 0.281 e. The molecule has 9 nitrogen and oxygen atoms in total. The molecule has 2 atom stereocenters. The standard InChI is InChI=1S/C21H22F4N8O/c1-11(22)7-32-15-6-12(4-5-14(15)28-30-32)17-13(23)8-33-18(17)19(34-3)27-20(29-33)26-16-9-31(2)10-21(16,24)25/h4-6,8,11,16H,7,9-10H2,1-3H3,(H,26,29)/t11-,16+/m0/s1. The third kappa shape index (κ3) is 3.79. The second-order valence-electron chi connectivity index (χ2n) is 8.50. The van der Waals surface area contributed by atoms with Crippen molar-refractivity contribution in [2.75, 3.05) is 32.6 Å². The van der Waals surface area contributed by atoms with Crippen LogP contribution in [0.1, 0.15) is 6.92 Å². The highest BCUT2D eigenvalue weighted by Crippen LogP contribution is 2.36. The molecule has 13 heteroatoms. The number of likely N-dealkylation sites (N-methyl/N-ethyl adjacent to an activating group) is 1. The molecule has 1 fully saturated rings. The molecular formula is C21H22F4N8O. The van der Waals surface area contributed by atoms with Crippen molar-refractivity contribution in [3.63, 3.8) is 0 Å². The highest BCUT2D eigenvalue weighted by atomic mass is 19.3. The molecule has 4 heterocycles. The van der Waals surface area contributed by atoms with Crippen LogP contribution in [0, 0.1) is 5.82 Å². The van der Waals surface area contributed by atoms with E-state index in [9.17, 15) is 13.2 Å².